The molecule has 0 N–H and O–H groups in total. The van der Waals surface area contributed by atoms with Crippen molar-refractivity contribution in [3.63, 3.8) is 0 Å². The Morgan fingerprint density at radius 2 is 1.59 bits per heavy atom. The standard InChI is InChI=1S/C23H21N5O/c29-23(21-12-7-13-22(16-21)28-18-24-25-26-28)27(17-20-10-5-2-6-11-20)15-14-19-8-3-1-4-9-19/h1-13,16,18H,14-15,17H2. The summed E-state index contributed by atoms with van der Waals surface area (Å²) >= 11 is 0. The largest absolute Gasteiger partial charge is 0.334 e. The Kier molecular flexibility index (Phi) is 5.71. The smallest absolute Gasteiger partial charge is 0.254 e. The van der Waals surface area contributed by atoms with Gasteiger partial charge in [-0.15, -0.1) is 5.10 Å². The molecule has 0 aliphatic rings. The van der Waals surface area contributed by atoms with Crippen molar-refractivity contribution >= 4 is 5.91 Å². The highest BCUT2D eigenvalue weighted by Crippen LogP contribution is 2.15. The maximum absolute atomic E-state index is 13.4. The summed E-state index contributed by atoms with van der Waals surface area (Å²) in [6, 6.07) is 27.6. The number of carbonyl (C=O) groups is 1. The molecule has 1 aromatic heterocycles. The quantitative estimate of drug-likeness (QED) is 0.490. The summed E-state index contributed by atoms with van der Waals surface area (Å²) in [7, 11) is 0. The van der Waals surface area contributed by atoms with E-state index in [1.165, 1.54) is 11.9 Å². The van der Waals surface area contributed by atoms with Crippen LogP contribution in [0.5, 0.6) is 0 Å². The SMILES string of the molecule is O=C(c1cccc(-n2cnnn2)c1)N(CCc1ccccc1)Cc1ccccc1. The highest BCUT2D eigenvalue weighted by Gasteiger charge is 2.17. The number of hydrogen-bond acceptors (Lipinski definition) is 4. The van der Waals surface area contributed by atoms with E-state index in [9.17, 15) is 4.79 Å². The zero-order valence-electron chi connectivity index (χ0n) is 15.9. The van der Waals surface area contributed by atoms with Gasteiger partial charge in [-0.05, 0) is 46.2 Å². The molecule has 1 heterocycles. The topological polar surface area (TPSA) is 63.9 Å². The number of nitrogens with zero attached hydrogens (tertiary/aromatic N) is 5. The fraction of sp³-hybridized carbons (Fsp3) is 0.130. The lowest BCUT2D eigenvalue weighted by Crippen LogP contribution is -2.32. The van der Waals surface area contributed by atoms with Gasteiger partial charge in [0.1, 0.15) is 6.33 Å². The molecule has 3 aromatic carbocycles. The Morgan fingerprint density at radius 3 is 2.28 bits per heavy atom. The Bertz CT molecular complexity index is 1050. The van der Waals surface area contributed by atoms with Gasteiger partial charge in [-0.2, -0.15) is 0 Å². The summed E-state index contributed by atoms with van der Waals surface area (Å²) in [5, 5.41) is 11.2. The third kappa shape index (κ3) is 4.73. The summed E-state index contributed by atoms with van der Waals surface area (Å²) in [4.78, 5) is 15.2. The van der Waals surface area contributed by atoms with E-state index in [0.29, 0.717) is 18.7 Å². The molecule has 4 rings (SSSR count). The van der Waals surface area contributed by atoms with Crippen molar-refractivity contribution in [2.75, 3.05) is 6.54 Å². The first-order chi connectivity index (χ1) is 14.3. The van der Waals surface area contributed by atoms with Crippen molar-refractivity contribution in [3.8, 4) is 5.69 Å². The Balaban J connectivity index is 1.57. The summed E-state index contributed by atoms with van der Waals surface area (Å²) in [6.07, 6.45) is 2.31. The molecule has 0 bridgehead atoms. The number of benzene rings is 3. The van der Waals surface area contributed by atoms with Gasteiger partial charge >= 0.3 is 0 Å². The number of rotatable bonds is 7. The van der Waals surface area contributed by atoms with E-state index in [4.69, 9.17) is 0 Å². The minimum absolute atomic E-state index is 0.0142. The summed E-state index contributed by atoms with van der Waals surface area (Å²) < 4.78 is 1.54. The fourth-order valence-corrected chi connectivity index (χ4v) is 3.21. The monoisotopic (exact) mass is 383 g/mol. The van der Waals surface area contributed by atoms with Gasteiger partial charge in [0, 0.05) is 18.7 Å². The average Bonchev–Trinajstić information content (AvgIpc) is 3.33. The molecule has 144 valence electrons. The first kappa shape index (κ1) is 18.6. The van der Waals surface area contributed by atoms with Gasteiger partial charge in [0.2, 0.25) is 0 Å². The molecule has 0 unspecified atom stereocenters. The molecule has 0 atom stereocenters. The zero-order chi connectivity index (χ0) is 19.9. The van der Waals surface area contributed by atoms with Crippen LogP contribution in [-0.2, 0) is 13.0 Å². The molecule has 0 radical (unpaired) electrons. The zero-order valence-corrected chi connectivity index (χ0v) is 15.9. The van der Waals surface area contributed by atoms with Gasteiger partial charge in [-0.3, -0.25) is 4.79 Å². The fourth-order valence-electron chi connectivity index (χ4n) is 3.21. The van der Waals surface area contributed by atoms with Gasteiger partial charge in [-0.25, -0.2) is 4.68 Å². The van der Waals surface area contributed by atoms with Crippen molar-refractivity contribution in [2.45, 2.75) is 13.0 Å². The molecule has 1 amide bonds. The number of tetrazole rings is 1. The number of hydrogen-bond donors (Lipinski definition) is 0. The van der Waals surface area contributed by atoms with E-state index in [-0.39, 0.29) is 5.91 Å². The summed E-state index contributed by atoms with van der Waals surface area (Å²) in [6.45, 7) is 1.19. The Morgan fingerprint density at radius 1 is 0.862 bits per heavy atom. The molecule has 0 saturated carbocycles. The third-order valence-electron chi connectivity index (χ3n) is 4.72. The predicted octanol–water partition coefficient (Wildman–Crippen LogP) is 3.55. The molecule has 4 aromatic rings. The minimum Gasteiger partial charge on any atom is -0.334 e. The van der Waals surface area contributed by atoms with Crippen molar-refractivity contribution in [3.05, 3.63) is 108 Å². The van der Waals surface area contributed by atoms with Crippen LogP contribution in [0, 0.1) is 0 Å². The van der Waals surface area contributed by atoms with Crippen LogP contribution in [-0.4, -0.2) is 37.6 Å². The van der Waals surface area contributed by atoms with Crippen LogP contribution in [0.15, 0.2) is 91.3 Å². The maximum Gasteiger partial charge on any atom is 0.254 e. The van der Waals surface area contributed by atoms with E-state index in [2.05, 4.69) is 27.7 Å². The second kappa shape index (κ2) is 8.93. The van der Waals surface area contributed by atoms with Gasteiger partial charge in [0.15, 0.2) is 0 Å². The molecule has 0 aliphatic heterocycles. The molecular formula is C23H21N5O. The van der Waals surface area contributed by atoms with Crippen LogP contribution in [0.2, 0.25) is 0 Å². The van der Waals surface area contributed by atoms with Crippen molar-refractivity contribution in [1.82, 2.24) is 25.1 Å². The van der Waals surface area contributed by atoms with E-state index in [1.54, 1.807) is 4.68 Å². The van der Waals surface area contributed by atoms with E-state index in [0.717, 1.165) is 17.7 Å². The normalized spacial score (nSPS) is 10.6. The molecule has 6 heteroatoms. The van der Waals surface area contributed by atoms with Gasteiger partial charge in [0.25, 0.3) is 5.91 Å². The lowest BCUT2D eigenvalue weighted by molar-refractivity contribution is 0.0745. The van der Waals surface area contributed by atoms with Crippen molar-refractivity contribution in [2.24, 2.45) is 0 Å². The highest BCUT2D eigenvalue weighted by molar-refractivity contribution is 5.94. The summed E-state index contributed by atoms with van der Waals surface area (Å²) in [5.41, 5.74) is 3.68. The number of amides is 1. The van der Waals surface area contributed by atoms with Crippen LogP contribution in [0.3, 0.4) is 0 Å². The molecule has 0 aliphatic carbocycles. The Labute approximate surface area is 169 Å². The average molecular weight is 383 g/mol. The van der Waals surface area contributed by atoms with Crippen LogP contribution >= 0.6 is 0 Å². The molecule has 0 spiro atoms. The van der Waals surface area contributed by atoms with Crippen LogP contribution < -0.4 is 0 Å². The lowest BCUT2D eigenvalue weighted by Gasteiger charge is -2.23. The van der Waals surface area contributed by atoms with Crippen molar-refractivity contribution < 1.29 is 4.79 Å². The third-order valence-corrected chi connectivity index (χ3v) is 4.72. The van der Waals surface area contributed by atoms with Crippen LogP contribution in [0.25, 0.3) is 5.69 Å². The molecular weight excluding hydrogens is 362 g/mol. The minimum atomic E-state index is -0.0142. The van der Waals surface area contributed by atoms with E-state index in [1.807, 2.05) is 77.7 Å². The number of carbonyl (C=O) groups excluding carboxylic acids is 1. The first-order valence-electron chi connectivity index (χ1n) is 9.50. The predicted molar refractivity (Wildman–Crippen MR) is 110 cm³/mol. The molecule has 29 heavy (non-hydrogen) atoms. The first-order valence-corrected chi connectivity index (χ1v) is 9.50. The second-order valence-corrected chi connectivity index (χ2v) is 6.75. The Hall–Kier alpha value is -3.80. The van der Waals surface area contributed by atoms with Crippen LogP contribution in [0.4, 0.5) is 0 Å². The lowest BCUT2D eigenvalue weighted by atomic mass is 10.1. The second-order valence-electron chi connectivity index (χ2n) is 6.75. The maximum atomic E-state index is 13.4. The molecule has 6 nitrogen and oxygen atoms in total. The molecule has 0 saturated heterocycles. The van der Waals surface area contributed by atoms with Gasteiger partial charge in [-0.1, -0.05) is 66.7 Å². The highest BCUT2D eigenvalue weighted by atomic mass is 16.2. The van der Waals surface area contributed by atoms with Crippen LogP contribution in [0.1, 0.15) is 21.5 Å². The number of aromatic nitrogens is 4. The van der Waals surface area contributed by atoms with E-state index < -0.39 is 0 Å². The van der Waals surface area contributed by atoms with Crippen molar-refractivity contribution in [1.29, 1.82) is 0 Å². The molecule has 0 fully saturated rings. The van der Waals surface area contributed by atoms with E-state index >= 15 is 0 Å². The summed E-state index contributed by atoms with van der Waals surface area (Å²) in [5.74, 6) is -0.0142. The van der Waals surface area contributed by atoms with Gasteiger partial charge < -0.3 is 4.90 Å². The van der Waals surface area contributed by atoms with Gasteiger partial charge in [0.05, 0.1) is 5.69 Å².